The molecule has 0 aromatic heterocycles. The molecular weight excluding hydrogens is 540 g/mol. The van der Waals surface area contributed by atoms with E-state index in [0.29, 0.717) is 0 Å². The SMILES string of the molecule is CC(=O)OC[C@H]1O[C@@H](NC(=O)[C@@H](CNC(=O)OC(C)(C)C)OC(C)=O)[C@H](OC(C)=O)[C@@H](OC(C)=O)[C@@H]1OC(C)=O. The summed E-state index contributed by atoms with van der Waals surface area (Å²) in [6, 6.07) is 0. The molecule has 0 unspecified atom stereocenters. The van der Waals surface area contributed by atoms with Crippen LogP contribution in [0.2, 0.25) is 0 Å². The van der Waals surface area contributed by atoms with Crippen LogP contribution >= 0.6 is 0 Å². The van der Waals surface area contributed by atoms with Crippen LogP contribution in [0, 0.1) is 0 Å². The van der Waals surface area contributed by atoms with Crippen LogP contribution in [0.25, 0.3) is 0 Å². The lowest BCUT2D eigenvalue weighted by Crippen LogP contribution is -2.67. The van der Waals surface area contributed by atoms with Crippen LogP contribution in [0.3, 0.4) is 0 Å². The fourth-order valence-corrected chi connectivity index (χ4v) is 3.46. The largest absolute Gasteiger partial charge is 0.463 e. The molecule has 0 aromatic carbocycles. The van der Waals surface area contributed by atoms with Gasteiger partial charge in [0.15, 0.2) is 30.6 Å². The van der Waals surface area contributed by atoms with Crippen molar-refractivity contribution < 1.29 is 66.7 Å². The normalized spacial score (nSPS) is 22.9. The second-order valence-corrected chi connectivity index (χ2v) is 9.61. The van der Waals surface area contributed by atoms with Crippen LogP contribution in [-0.4, -0.2) is 97.3 Å². The maximum absolute atomic E-state index is 13.2. The van der Waals surface area contributed by atoms with Crippen molar-refractivity contribution >= 4 is 41.8 Å². The number of alkyl carbamates (subject to hydrolysis) is 1. The molecular formula is C24H36N2O14. The molecule has 0 spiro atoms. The van der Waals surface area contributed by atoms with Crippen molar-refractivity contribution in [2.75, 3.05) is 13.2 Å². The van der Waals surface area contributed by atoms with E-state index in [9.17, 15) is 33.6 Å². The molecule has 0 aliphatic carbocycles. The third-order valence-corrected chi connectivity index (χ3v) is 4.71. The average Bonchev–Trinajstić information content (AvgIpc) is 2.76. The highest BCUT2D eigenvalue weighted by Crippen LogP contribution is 2.28. The van der Waals surface area contributed by atoms with E-state index >= 15 is 0 Å². The highest BCUT2D eigenvalue weighted by Gasteiger charge is 2.53. The number of ether oxygens (including phenoxy) is 7. The molecule has 2 N–H and O–H groups in total. The third-order valence-electron chi connectivity index (χ3n) is 4.71. The van der Waals surface area contributed by atoms with Gasteiger partial charge in [-0.2, -0.15) is 0 Å². The van der Waals surface area contributed by atoms with Gasteiger partial charge in [-0.1, -0.05) is 0 Å². The Balaban J connectivity index is 3.35. The summed E-state index contributed by atoms with van der Waals surface area (Å²) in [5.41, 5.74) is -0.850. The zero-order chi connectivity index (χ0) is 30.8. The second-order valence-electron chi connectivity index (χ2n) is 9.61. The minimum absolute atomic E-state index is 0.516. The molecule has 16 heteroatoms. The zero-order valence-corrected chi connectivity index (χ0v) is 23.6. The van der Waals surface area contributed by atoms with Crippen molar-refractivity contribution in [3.8, 4) is 0 Å². The van der Waals surface area contributed by atoms with E-state index in [4.69, 9.17) is 33.2 Å². The van der Waals surface area contributed by atoms with Gasteiger partial charge < -0.3 is 43.8 Å². The van der Waals surface area contributed by atoms with E-state index in [1.54, 1.807) is 20.8 Å². The average molecular weight is 577 g/mol. The Kier molecular flexibility index (Phi) is 12.8. The first-order valence-electron chi connectivity index (χ1n) is 12.1. The first-order valence-corrected chi connectivity index (χ1v) is 12.1. The van der Waals surface area contributed by atoms with Crippen molar-refractivity contribution in [2.45, 2.75) is 97.7 Å². The molecule has 2 amide bonds. The van der Waals surface area contributed by atoms with Crippen molar-refractivity contribution in [2.24, 2.45) is 0 Å². The van der Waals surface area contributed by atoms with Gasteiger partial charge in [-0.15, -0.1) is 0 Å². The van der Waals surface area contributed by atoms with Crippen LogP contribution in [0.5, 0.6) is 0 Å². The lowest BCUT2D eigenvalue weighted by molar-refractivity contribution is -0.257. The highest BCUT2D eigenvalue weighted by molar-refractivity contribution is 5.84. The van der Waals surface area contributed by atoms with Crippen molar-refractivity contribution in [1.29, 1.82) is 0 Å². The Morgan fingerprint density at radius 2 is 1.27 bits per heavy atom. The number of carbonyl (C=O) groups excluding carboxylic acids is 7. The summed E-state index contributed by atoms with van der Waals surface area (Å²) in [6.45, 7) is 9.08. The summed E-state index contributed by atoms with van der Waals surface area (Å²) in [5, 5.41) is 4.67. The van der Waals surface area contributed by atoms with Gasteiger partial charge in [0.1, 0.15) is 18.3 Å². The number of esters is 5. The van der Waals surface area contributed by atoms with Crippen molar-refractivity contribution in [3.63, 3.8) is 0 Å². The summed E-state index contributed by atoms with van der Waals surface area (Å²) in [6.07, 6.45) is -9.98. The van der Waals surface area contributed by atoms with Crippen LogP contribution in [0.15, 0.2) is 0 Å². The lowest BCUT2D eigenvalue weighted by Gasteiger charge is -2.44. The van der Waals surface area contributed by atoms with Crippen LogP contribution in [0.4, 0.5) is 4.79 Å². The number of nitrogens with one attached hydrogen (secondary N) is 2. The molecule has 40 heavy (non-hydrogen) atoms. The van der Waals surface area contributed by atoms with E-state index in [1.165, 1.54) is 0 Å². The predicted molar refractivity (Wildman–Crippen MR) is 130 cm³/mol. The molecule has 0 saturated carbocycles. The van der Waals surface area contributed by atoms with Gasteiger partial charge in [-0.25, -0.2) is 4.79 Å². The van der Waals surface area contributed by atoms with E-state index in [0.717, 1.165) is 34.6 Å². The van der Waals surface area contributed by atoms with Gasteiger partial charge in [-0.05, 0) is 20.8 Å². The maximum Gasteiger partial charge on any atom is 0.407 e. The molecule has 1 rings (SSSR count). The molecule has 1 aliphatic rings. The molecule has 6 atom stereocenters. The summed E-state index contributed by atoms with van der Waals surface area (Å²) in [7, 11) is 0. The van der Waals surface area contributed by atoms with E-state index in [-0.39, 0.29) is 0 Å². The zero-order valence-electron chi connectivity index (χ0n) is 23.6. The molecule has 1 heterocycles. The van der Waals surface area contributed by atoms with Crippen LogP contribution < -0.4 is 10.6 Å². The number of carbonyl (C=O) groups is 7. The Morgan fingerprint density at radius 3 is 1.75 bits per heavy atom. The molecule has 0 bridgehead atoms. The second kappa shape index (κ2) is 15.0. The van der Waals surface area contributed by atoms with Gasteiger partial charge in [-0.3, -0.25) is 28.8 Å². The van der Waals surface area contributed by atoms with E-state index < -0.39 is 97.3 Å². The minimum atomic E-state index is -1.61. The topological polar surface area (TPSA) is 208 Å². The van der Waals surface area contributed by atoms with Crippen molar-refractivity contribution in [1.82, 2.24) is 10.6 Å². The monoisotopic (exact) mass is 576 g/mol. The molecule has 1 fully saturated rings. The summed E-state index contributed by atoms with van der Waals surface area (Å²) in [4.78, 5) is 84.0. The minimum Gasteiger partial charge on any atom is -0.463 e. The molecule has 1 aliphatic heterocycles. The molecule has 226 valence electrons. The first-order chi connectivity index (χ1) is 18.4. The lowest BCUT2D eigenvalue weighted by atomic mass is 9.97. The fraction of sp³-hybridized carbons (Fsp3) is 0.708. The third kappa shape index (κ3) is 12.3. The molecule has 16 nitrogen and oxygen atoms in total. The van der Waals surface area contributed by atoms with Crippen LogP contribution in [-0.2, 0) is 61.9 Å². The van der Waals surface area contributed by atoms with E-state index in [1.807, 2.05) is 0 Å². The van der Waals surface area contributed by atoms with Gasteiger partial charge in [0.25, 0.3) is 5.91 Å². The number of hydrogen-bond acceptors (Lipinski definition) is 14. The number of hydrogen-bond donors (Lipinski definition) is 2. The van der Waals surface area contributed by atoms with Crippen molar-refractivity contribution in [3.05, 3.63) is 0 Å². The summed E-state index contributed by atoms with van der Waals surface area (Å²) >= 11 is 0. The summed E-state index contributed by atoms with van der Waals surface area (Å²) in [5.74, 6) is -5.18. The Bertz CT molecular complexity index is 975. The maximum atomic E-state index is 13.2. The molecule has 1 saturated heterocycles. The van der Waals surface area contributed by atoms with E-state index in [2.05, 4.69) is 10.6 Å². The van der Waals surface area contributed by atoms with Gasteiger partial charge in [0.2, 0.25) is 0 Å². The Hall–Kier alpha value is -3.95. The summed E-state index contributed by atoms with van der Waals surface area (Å²) < 4.78 is 36.7. The Labute approximate surface area is 230 Å². The fourth-order valence-electron chi connectivity index (χ4n) is 3.46. The highest BCUT2D eigenvalue weighted by atomic mass is 16.7. The molecule has 0 radical (unpaired) electrons. The quantitative estimate of drug-likeness (QED) is 0.252. The number of rotatable bonds is 10. The standard InChI is InChI=1S/C24H36N2O14/c1-11(27)34-10-17-18(36-13(3)29)19(37-14(4)30)20(38-15(5)31)22(39-17)26-21(32)16(35-12(2)28)9-25-23(33)40-24(6,7)8/h16-20,22H,9-10H2,1-8H3,(H,25,33)(H,26,32)/t16-,17-,18-,19+,20-,22-/m1/s1. The van der Waals surface area contributed by atoms with Gasteiger partial charge >= 0.3 is 35.9 Å². The molecule has 0 aromatic rings. The van der Waals surface area contributed by atoms with Gasteiger partial charge in [0, 0.05) is 34.6 Å². The first kappa shape index (κ1) is 34.1. The number of amides is 2. The Morgan fingerprint density at radius 1 is 0.750 bits per heavy atom. The van der Waals surface area contributed by atoms with Crippen LogP contribution in [0.1, 0.15) is 55.4 Å². The smallest absolute Gasteiger partial charge is 0.407 e. The predicted octanol–water partition coefficient (Wildman–Crippen LogP) is -0.358. The van der Waals surface area contributed by atoms with Gasteiger partial charge in [0.05, 0.1) is 6.54 Å².